The normalized spacial score (nSPS) is 13.7. The maximum Gasteiger partial charge on any atom is 0.263 e. The van der Waals surface area contributed by atoms with Crippen molar-refractivity contribution < 1.29 is 47.9 Å². The molecule has 0 aliphatic carbocycles. The fourth-order valence-corrected chi connectivity index (χ4v) is 23.0. The molecule has 0 aliphatic rings. The third-order valence-corrected chi connectivity index (χ3v) is 29.7. The van der Waals surface area contributed by atoms with Gasteiger partial charge >= 0.3 is 0 Å². The molecule has 0 spiro atoms. The molecular weight excluding hydrogens is 1800 g/mol. The van der Waals surface area contributed by atoms with Crippen molar-refractivity contribution in [3.63, 3.8) is 0 Å². The topological polar surface area (TPSA) is 577 Å². The predicted molar refractivity (Wildman–Crippen MR) is 503 cm³/mol. The highest BCUT2D eigenvalue weighted by atomic mass is 32.1. The highest BCUT2D eigenvalue weighted by molar-refractivity contribution is 7.16. The van der Waals surface area contributed by atoms with Crippen LogP contribution in [-0.4, -0.2) is 143 Å². The number of unbranched alkanes of at least 4 members (excludes halogenated alkanes) is 6. The van der Waals surface area contributed by atoms with Gasteiger partial charge in [0.25, 0.3) is 53.2 Å². The second-order valence-corrected chi connectivity index (χ2v) is 41.6. The Bertz CT molecular complexity index is 5310. The van der Waals surface area contributed by atoms with E-state index >= 15 is 19.2 Å². The van der Waals surface area contributed by atoms with E-state index in [9.17, 15) is 28.8 Å². The van der Waals surface area contributed by atoms with Crippen molar-refractivity contribution in [2.24, 2.45) is 40.1 Å². The van der Waals surface area contributed by atoms with E-state index < -0.39 is 108 Å². The van der Waals surface area contributed by atoms with Crippen LogP contribution in [0.1, 0.15) is 383 Å². The second-order valence-electron chi connectivity index (χ2n) is 31.1. The number of thiazole rings is 9. The minimum absolute atomic E-state index is 0.204. The molecule has 10 amide bonds. The van der Waals surface area contributed by atoms with Crippen molar-refractivity contribution in [1.29, 1.82) is 0 Å². The van der Waals surface area contributed by atoms with Crippen molar-refractivity contribution in [1.82, 2.24) is 92.7 Å². The van der Waals surface area contributed by atoms with Crippen LogP contribution in [0.4, 0.5) is 0 Å². The molecule has 44 heteroatoms. The summed E-state index contributed by atoms with van der Waals surface area (Å²) in [5.74, 6) is -5.03. The number of nitrogens with zero attached hydrogens (tertiary/aromatic N) is 9. The molecular formula is C83H119N25O10S9. The number of primary amides is 1. The number of aryl methyl sites for hydroxylation is 9. The summed E-state index contributed by atoms with van der Waals surface area (Å²) in [6.07, 6.45) is 10.7. The molecule has 35 nitrogen and oxygen atoms in total. The quantitative estimate of drug-likeness (QED) is 0.0157. The summed E-state index contributed by atoms with van der Waals surface area (Å²) in [5, 5.41) is 33.0. The fourth-order valence-electron chi connectivity index (χ4n) is 14.3. The number of rotatable bonds is 51. The van der Waals surface area contributed by atoms with Crippen LogP contribution in [0, 0.1) is 41.5 Å². The summed E-state index contributed by atoms with van der Waals surface area (Å²) in [6.45, 7) is 24.9. The molecule has 9 rings (SSSR count). The minimum Gasteiger partial charge on any atom is -0.365 e. The lowest BCUT2D eigenvalue weighted by molar-refractivity contribution is -0.119. The van der Waals surface area contributed by atoms with Gasteiger partial charge in [0.2, 0.25) is 5.91 Å². The van der Waals surface area contributed by atoms with Crippen LogP contribution in [0.15, 0.2) is 0 Å². The van der Waals surface area contributed by atoms with Crippen LogP contribution >= 0.6 is 102 Å². The Hall–Kier alpha value is -8.87. The Morgan fingerprint density at radius 2 is 0.441 bits per heavy atom. The number of aromatic nitrogens is 9. The molecule has 9 heterocycles. The number of hydrogen-bond acceptors (Lipinski definition) is 34. The number of nitrogens with one attached hydrogen (secondary N) is 9. The maximum atomic E-state index is 15.1. The largest absolute Gasteiger partial charge is 0.365 e. The zero-order valence-corrected chi connectivity index (χ0v) is 81.3. The van der Waals surface area contributed by atoms with E-state index in [2.05, 4.69) is 52.8 Å². The van der Waals surface area contributed by atoms with Gasteiger partial charge in [-0.3, -0.25) is 47.9 Å². The highest BCUT2D eigenvalue weighted by Gasteiger charge is 2.37. The average molecular weight is 1920 g/mol. The third-order valence-electron chi connectivity index (χ3n) is 20.4. The Morgan fingerprint density at radius 3 is 0.677 bits per heavy atom. The van der Waals surface area contributed by atoms with Gasteiger partial charge in [-0.25, -0.2) is 44.9 Å². The lowest BCUT2D eigenvalue weighted by atomic mass is 10.0. The van der Waals surface area contributed by atoms with E-state index in [0.717, 1.165) is 75.9 Å². The van der Waals surface area contributed by atoms with E-state index in [1.54, 1.807) is 83.1 Å². The number of carbonyl (C=O) groups is 10. The van der Waals surface area contributed by atoms with Gasteiger partial charge in [-0.2, -0.15) is 0 Å². The highest BCUT2D eigenvalue weighted by Crippen LogP contribution is 2.38. The SMILES string of the molecule is CC(=O)N[C@@H](CCCCN)c1nc(C)sc1C(=O)N[C@@H](C)c1nc(CCCCN)sc1C(=O)N[C@@H](C)c1nc(C)sc1C(=O)N[C@@H](CCCCN)c1nc(C)sc1C(=O)N[C@@H](C)c1nc(CCCCN)sc1C(=O)N[C@@H](C)c1nc(C)sc1C(=O)N[C@@H](CCCCN)c1nc(C)sc1C(=O)N[C@@H](C)c1nc(CCCCN)sc1C(=O)N[C@@H](C)c1nc(C)sc1C(N)=O. The summed E-state index contributed by atoms with van der Waals surface area (Å²) in [7, 11) is 0. The van der Waals surface area contributed by atoms with Crippen molar-refractivity contribution >= 4 is 161 Å². The Kier molecular flexibility index (Phi) is 39.1. The molecule has 23 N–H and O–H groups in total. The zero-order chi connectivity index (χ0) is 92.6. The number of amides is 10. The first-order valence-electron chi connectivity index (χ1n) is 42.7. The molecule has 690 valence electrons. The first-order chi connectivity index (χ1) is 60.6. The van der Waals surface area contributed by atoms with E-state index in [1.807, 2.05) is 0 Å². The molecule has 9 atom stereocenters. The molecule has 0 saturated carbocycles. The minimum atomic E-state index is -0.889. The van der Waals surface area contributed by atoms with Gasteiger partial charge in [0.1, 0.15) is 43.9 Å². The van der Waals surface area contributed by atoms with Crippen molar-refractivity contribution in [2.75, 3.05) is 39.3 Å². The molecule has 0 aliphatic heterocycles. The van der Waals surface area contributed by atoms with E-state index in [4.69, 9.17) is 80.0 Å². The van der Waals surface area contributed by atoms with Crippen LogP contribution in [0.2, 0.25) is 0 Å². The number of nitrogens with two attached hydrogens (primary N) is 7. The van der Waals surface area contributed by atoms with Crippen LogP contribution < -0.4 is 88.0 Å². The second kappa shape index (κ2) is 48.7. The Labute approximate surface area is 775 Å². The van der Waals surface area contributed by atoms with Gasteiger partial charge in [0, 0.05) is 6.92 Å². The predicted octanol–water partition coefficient (Wildman–Crippen LogP) is 11.0. The molecule has 9 aromatic heterocycles. The van der Waals surface area contributed by atoms with Gasteiger partial charge in [-0.05, 0) is 238 Å². The summed E-state index contributed by atoms with van der Waals surface area (Å²) >= 11 is 10.5. The summed E-state index contributed by atoms with van der Waals surface area (Å²) in [4.78, 5) is 189. The lowest BCUT2D eigenvalue weighted by Gasteiger charge is -2.20. The first-order valence-corrected chi connectivity index (χ1v) is 50.0. The molecule has 9 aromatic rings. The van der Waals surface area contributed by atoms with Gasteiger partial charge in [0.05, 0.1) is 151 Å². The van der Waals surface area contributed by atoms with E-state index in [1.165, 1.54) is 52.3 Å². The molecule has 0 aromatic carbocycles. The van der Waals surface area contributed by atoms with Crippen molar-refractivity contribution in [2.45, 2.75) is 260 Å². The van der Waals surface area contributed by atoms with Gasteiger partial charge in [-0.1, -0.05) is 0 Å². The molecule has 0 saturated heterocycles. The molecule has 0 fully saturated rings. The van der Waals surface area contributed by atoms with Crippen LogP contribution in [0.5, 0.6) is 0 Å². The summed E-state index contributed by atoms with van der Waals surface area (Å²) in [6, 6.07) is -7.11. The van der Waals surface area contributed by atoms with E-state index in [-0.39, 0.29) is 62.0 Å². The molecule has 0 unspecified atom stereocenters. The Morgan fingerprint density at radius 1 is 0.252 bits per heavy atom. The first kappa shape index (κ1) is 102. The van der Waals surface area contributed by atoms with E-state index in [0.29, 0.717) is 220 Å². The van der Waals surface area contributed by atoms with Crippen LogP contribution in [0.25, 0.3) is 0 Å². The van der Waals surface area contributed by atoms with Crippen LogP contribution in [-0.2, 0) is 24.1 Å². The number of carbonyl (C=O) groups excluding carboxylic acids is 10. The summed E-state index contributed by atoms with van der Waals surface area (Å²) < 4.78 is 0. The third kappa shape index (κ3) is 27.6. The van der Waals surface area contributed by atoms with Crippen molar-refractivity contribution in [3.8, 4) is 0 Å². The monoisotopic (exact) mass is 1910 g/mol. The van der Waals surface area contributed by atoms with Gasteiger partial charge < -0.3 is 88.0 Å². The molecule has 0 radical (unpaired) electrons. The van der Waals surface area contributed by atoms with Crippen LogP contribution in [0.3, 0.4) is 0 Å². The smallest absolute Gasteiger partial charge is 0.263 e. The Balaban J connectivity index is 0.911. The molecule has 0 bridgehead atoms. The average Bonchev–Trinajstić information content (AvgIpc) is 1.66. The molecule has 127 heavy (non-hydrogen) atoms. The van der Waals surface area contributed by atoms with Crippen molar-refractivity contribution in [3.05, 3.63) is 140 Å². The lowest BCUT2D eigenvalue weighted by Crippen LogP contribution is -2.34. The standard InChI is InChI=1S/C83H119N25O10S9/c1-38(57-66(75(90)110)119-45(8)98-57)91-76(111)69-60(106-54(125-69)29-17-23-35-87)42(5)95-80(115)73-64(102-49(12)123-73)52(27-15-21-33-85)104-83(118)68-59(100-47(10)121-68)40(3)93-78(113)71-62(108-56(127-71)31-19-25-37-89)43(6)96-81(116)74-65(103-50(13)124-74)53(28-16-22-34-86)105-82(117)67-58(99-46(9)120-67)39(2)92-77(112)70-61(107-55(126-70)30-18-24-36-88)41(4)94-79(114)72-63(101-48(11)122-72)51(97-44(7)109)26-14-20-32-84/h38-43,51-53H,14-37,84-89H2,1-13H3,(H2,90,110)(H,91,111)(H,92,112)(H,93,113)(H,94,114)(H,95,115)(H,96,116)(H,97,109)(H,104,118)(H,105,117)/t38-,39-,40-,41-,42-,43-,51-,52-,53-/m0/s1. The maximum absolute atomic E-state index is 15.1. The summed E-state index contributed by atoms with van der Waals surface area (Å²) in [5.41, 5.74) is 44.1. The fraction of sp³-hybridized carbons (Fsp3) is 0.554. The zero-order valence-electron chi connectivity index (χ0n) is 74.0. The number of hydrogen-bond donors (Lipinski definition) is 16. The van der Waals surface area contributed by atoms with Gasteiger partial charge in [0.15, 0.2) is 0 Å². The van der Waals surface area contributed by atoms with Gasteiger partial charge in [-0.15, -0.1) is 102 Å².